The molecule has 0 bridgehead atoms. The van der Waals surface area contributed by atoms with Gasteiger partial charge in [-0.25, -0.2) is 13.6 Å². The van der Waals surface area contributed by atoms with Crippen LogP contribution >= 0.6 is 0 Å². The van der Waals surface area contributed by atoms with Crippen molar-refractivity contribution in [2.24, 2.45) is 12.8 Å². The molecule has 0 aliphatic carbocycles. The van der Waals surface area contributed by atoms with E-state index in [1.54, 1.807) is 0 Å². The maximum absolute atomic E-state index is 12.8. The van der Waals surface area contributed by atoms with Crippen molar-refractivity contribution in [3.8, 4) is 0 Å². The lowest BCUT2D eigenvalue weighted by atomic mass is 10.3. The summed E-state index contributed by atoms with van der Waals surface area (Å²) in [5.41, 5.74) is 2.79. The van der Waals surface area contributed by atoms with Gasteiger partial charge in [-0.05, 0) is 0 Å². The Morgan fingerprint density at radius 1 is 1.56 bits per heavy atom. The summed E-state index contributed by atoms with van der Waals surface area (Å²) in [5, 5.41) is 1.87. The zero-order chi connectivity index (χ0) is 13.9. The quantitative estimate of drug-likeness (QED) is 0.606. The summed E-state index contributed by atoms with van der Waals surface area (Å²) in [5.74, 6) is -4.25. The first-order chi connectivity index (χ1) is 8.28. The lowest BCUT2D eigenvalue weighted by molar-refractivity contribution is 0.0118. The average molecular weight is 262 g/mol. The van der Waals surface area contributed by atoms with Crippen LogP contribution in [-0.2, 0) is 7.05 Å². The fraction of sp³-hybridized carbons (Fsp3) is 0.444. The van der Waals surface area contributed by atoms with E-state index in [0.29, 0.717) is 4.57 Å². The highest BCUT2D eigenvalue weighted by atomic mass is 19.3. The van der Waals surface area contributed by atoms with Gasteiger partial charge in [0.15, 0.2) is 0 Å². The number of carbonyl (C=O) groups excluding carboxylic acids is 1. The number of H-pyrrole nitrogens is 1. The normalized spacial score (nSPS) is 11.3. The predicted octanol–water partition coefficient (Wildman–Crippen LogP) is -1.60. The van der Waals surface area contributed by atoms with Crippen LogP contribution in [0.3, 0.4) is 0 Å². The molecule has 0 aliphatic rings. The van der Waals surface area contributed by atoms with Crippen LogP contribution in [0.15, 0.2) is 15.8 Å². The Labute approximate surface area is 99.6 Å². The zero-order valence-corrected chi connectivity index (χ0v) is 9.50. The third kappa shape index (κ3) is 3.00. The van der Waals surface area contributed by atoms with Crippen molar-refractivity contribution in [2.75, 3.05) is 13.1 Å². The molecule has 0 aliphatic heterocycles. The average Bonchev–Trinajstić information content (AvgIpc) is 2.33. The van der Waals surface area contributed by atoms with Crippen LogP contribution in [0.5, 0.6) is 0 Å². The maximum Gasteiger partial charge on any atom is 0.328 e. The number of nitrogens with two attached hydrogens (primary N) is 1. The molecule has 0 unspecified atom stereocenters. The molecule has 1 aromatic heterocycles. The molecule has 0 saturated heterocycles. The van der Waals surface area contributed by atoms with E-state index in [0.717, 1.165) is 13.2 Å². The van der Waals surface area contributed by atoms with E-state index in [1.165, 1.54) is 0 Å². The van der Waals surface area contributed by atoms with Crippen LogP contribution in [0.1, 0.15) is 10.4 Å². The van der Waals surface area contributed by atoms with Gasteiger partial charge in [-0.2, -0.15) is 0 Å². The van der Waals surface area contributed by atoms with Gasteiger partial charge < -0.3 is 16.0 Å². The van der Waals surface area contributed by atoms with Crippen molar-refractivity contribution in [3.63, 3.8) is 0 Å². The van der Waals surface area contributed by atoms with E-state index in [1.807, 2.05) is 5.32 Å². The monoisotopic (exact) mass is 262 g/mol. The minimum Gasteiger partial charge on any atom is -0.346 e. The summed E-state index contributed by atoms with van der Waals surface area (Å²) >= 11 is 0. The van der Waals surface area contributed by atoms with Gasteiger partial charge >= 0.3 is 5.69 Å². The molecule has 9 heteroatoms. The van der Waals surface area contributed by atoms with Gasteiger partial charge in [0.05, 0.1) is 13.1 Å². The van der Waals surface area contributed by atoms with E-state index < -0.39 is 41.7 Å². The fourth-order valence-electron chi connectivity index (χ4n) is 1.11. The maximum atomic E-state index is 12.8. The lowest BCUT2D eigenvalue weighted by Gasteiger charge is -2.14. The predicted molar refractivity (Wildman–Crippen MR) is 58.6 cm³/mol. The summed E-state index contributed by atoms with van der Waals surface area (Å²) in [6, 6.07) is 0. The molecule has 0 atom stereocenters. The molecule has 1 amide bonds. The molecule has 0 spiro atoms. The summed E-state index contributed by atoms with van der Waals surface area (Å²) in [4.78, 5) is 36.1. The first-order valence-corrected chi connectivity index (χ1v) is 4.93. The van der Waals surface area contributed by atoms with Gasteiger partial charge in [0.25, 0.3) is 17.4 Å². The highest BCUT2D eigenvalue weighted by molar-refractivity contribution is 5.93. The molecule has 18 heavy (non-hydrogen) atoms. The van der Waals surface area contributed by atoms with Gasteiger partial charge in [-0.3, -0.25) is 14.2 Å². The highest BCUT2D eigenvalue weighted by Gasteiger charge is 2.27. The van der Waals surface area contributed by atoms with Crippen LogP contribution in [0.4, 0.5) is 8.78 Å². The van der Waals surface area contributed by atoms with Crippen LogP contribution in [0.2, 0.25) is 0 Å². The molecule has 0 radical (unpaired) electrons. The second-order valence-corrected chi connectivity index (χ2v) is 3.61. The molecular weight excluding hydrogens is 250 g/mol. The number of aromatic nitrogens is 2. The number of aromatic amines is 1. The first-order valence-electron chi connectivity index (χ1n) is 4.93. The lowest BCUT2D eigenvalue weighted by Crippen LogP contribution is -2.44. The van der Waals surface area contributed by atoms with Crippen LogP contribution < -0.4 is 22.3 Å². The Morgan fingerprint density at radius 2 is 2.17 bits per heavy atom. The first kappa shape index (κ1) is 14.0. The van der Waals surface area contributed by atoms with Gasteiger partial charge in [-0.15, -0.1) is 0 Å². The number of halogens is 2. The largest absolute Gasteiger partial charge is 0.346 e. The van der Waals surface area contributed by atoms with E-state index in [-0.39, 0.29) is 0 Å². The Balaban J connectivity index is 2.90. The number of alkyl halides is 2. The fourth-order valence-corrected chi connectivity index (χ4v) is 1.11. The van der Waals surface area contributed by atoms with Crippen LogP contribution in [0.25, 0.3) is 0 Å². The summed E-state index contributed by atoms with van der Waals surface area (Å²) < 4.78 is 26.2. The number of hydrogen-bond donors (Lipinski definition) is 3. The Hall–Kier alpha value is -2.03. The third-order valence-electron chi connectivity index (χ3n) is 2.23. The minimum absolute atomic E-state index is 0.426. The molecular formula is C9H12F2N4O3. The van der Waals surface area contributed by atoms with Gasteiger partial charge in [0, 0.05) is 13.2 Å². The standard InChI is InChI=1S/C9H12F2N4O3/c1-15-7(17)5(2-13-8(15)18)6(16)14-4-9(10,11)3-12/h2H,3-4,12H2,1H3,(H,13,18)(H,14,16). The highest BCUT2D eigenvalue weighted by Crippen LogP contribution is 2.08. The van der Waals surface area contributed by atoms with Gasteiger partial charge in [0.2, 0.25) is 0 Å². The van der Waals surface area contributed by atoms with Crippen LogP contribution in [0, 0.1) is 0 Å². The second-order valence-electron chi connectivity index (χ2n) is 3.61. The molecule has 0 saturated carbocycles. The Bertz CT molecular complexity index is 564. The Morgan fingerprint density at radius 3 is 2.72 bits per heavy atom. The van der Waals surface area contributed by atoms with E-state index >= 15 is 0 Å². The molecule has 0 fully saturated rings. The van der Waals surface area contributed by atoms with Crippen molar-refractivity contribution >= 4 is 5.91 Å². The third-order valence-corrected chi connectivity index (χ3v) is 2.23. The van der Waals surface area contributed by atoms with Crippen molar-refractivity contribution < 1.29 is 13.6 Å². The molecule has 1 rings (SSSR count). The molecule has 1 aromatic rings. The topological polar surface area (TPSA) is 110 Å². The number of rotatable bonds is 4. The molecule has 7 nitrogen and oxygen atoms in total. The summed E-state index contributed by atoms with van der Waals surface area (Å²) in [6.45, 7) is -1.90. The minimum atomic E-state index is -3.25. The number of nitrogens with zero attached hydrogens (tertiary/aromatic N) is 1. The van der Waals surface area contributed by atoms with Gasteiger partial charge in [-0.1, -0.05) is 0 Å². The van der Waals surface area contributed by atoms with Crippen molar-refractivity contribution in [1.29, 1.82) is 0 Å². The summed E-state index contributed by atoms with van der Waals surface area (Å²) in [7, 11) is 1.16. The SMILES string of the molecule is Cn1c(=O)[nH]cc(C(=O)NCC(F)(F)CN)c1=O. The number of carbonyl (C=O) groups is 1. The number of amides is 1. The van der Waals surface area contributed by atoms with E-state index in [2.05, 4.69) is 4.98 Å². The molecule has 1 heterocycles. The Kier molecular flexibility index (Phi) is 3.96. The smallest absolute Gasteiger partial charge is 0.328 e. The number of hydrogen-bond acceptors (Lipinski definition) is 4. The number of nitrogens with one attached hydrogen (secondary N) is 2. The molecule has 0 aromatic carbocycles. The van der Waals surface area contributed by atoms with E-state index in [4.69, 9.17) is 5.73 Å². The molecule has 4 N–H and O–H groups in total. The van der Waals surface area contributed by atoms with Crippen molar-refractivity contribution in [3.05, 3.63) is 32.6 Å². The van der Waals surface area contributed by atoms with Crippen molar-refractivity contribution in [2.45, 2.75) is 5.92 Å². The summed E-state index contributed by atoms with van der Waals surface area (Å²) in [6.07, 6.45) is 0.876. The second kappa shape index (κ2) is 5.08. The van der Waals surface area contributed by atoms with Crippen molar-refractivity contribution in [1.82, 2.24) is 14.9 Å². The van der Waals surface area contributed by atoms with Crippen LogP contribution in [-0.4, -0.2) is 34.5 Å². The van der Waals surface area contributed by atoms with E-state index in [9.17, 15) is 23.2 Å². The zero-order valence-electron chi connectivity index (χ0n) is 9.50. The molecule has 100 valence electrons. The van der Waals surface area contributed by atoms with Gasteiger partial charge in [0.1, 0.15) is 5.56 Å².